The molecule has 0 aliphatic carbocycles. The van der Waals surface area contributed by atoms with Crippen molar-refractivity contribution < 1.29 is 13.9 Å². The summed E-state index contributed by atoms with van der Waals surface area (Å²) in [6.45, 7) is 6.10. The molecule has 0 saturated carbocycles. The fourth-order valence-corrected chi connectivity index (χ4v) is 2.00. The van der Waals surface area contributed by atoms with Gasteiger partial charge in [0.2, 0.25) is 0 Å². The Morgan fingerprint density at radius 3 is 2.55 bits per heavy atom. The SMILES string of the molecule is CCCCC#Cc1c(C)oc(CCCC)c1C(=O)OC. The maximum absolute atomic E-state index is 12.0. The molecule has 0 fully saturated rings. The summed E-state index contributed by atoms with van der Waals surface area (Å²) in [4.78, 5) is 12.0. The highest BCUT2D eigenvalue weighted by atomic mass is 16.5. The molecule has 3 nitrogen and oxygen atoms in total. The van der Waals surface area contributed by atoms with E-state index in [1.807, 2.05) is 6.92 Å². The molecule has 1 aromatic rings. The normalized spacial score (nSPS) is 10.0. The molecule has 20 heavy (non-hydrogen) atoms. The van der Waals surface area contributed by atoms with Crippen LogP contribution in [-0.2, 0) is 11.2 Å². The Hall–Kier alpha value is -1.69. The molecule has 110 valence electrons. The van der Waals surface area contributed by atoms with Crippen LogP contribution in [0.3, 0.4) is 0 Å². The molecular formula is C17H24O3. The van der Waals surface area contributed by atoms with Crippen molar-refractivity contribution in [3.8, 4) is 11.8 Å². The lowest BCUT2D eigenvalue weighted by molar-refractivity contribution is 0.0598. The second kappa shape index (κ2) is 8.47. The lowest BCUT2D eigenvalue weighted by Gasteiger charge is -2.00. The van der Waals surface area contributed by atoms with E-state index in [2.05, 4.69) is 25.7 Å². The molecule has 0 N–H and O–H groups in total. The van der Waals surface area contributed by atoms with E-state index in [0.29, 0.717) is 22.6 Å². The van der Waals surface area contributed by atoms with Gasteiger partial charge in [-0.1, -0.05) is 38.5 Å². The van der Waals surface area contributed by atoms with Crippen molar-refractivity contribution in [2.75, 3.05) is 7.11 Å². The number of hydrogen-bond acceptors (Lipinski definition) is 3. The fraction of sp³-hybridized carbons (Fsp3) is 0.588. The van der Waals surface area contributed by atoms with Crippen LogP contribution >= 0.6 is 0 Å². The van der Waals surface area contributed by atoms with Crippen LogP contribution in [0.15, 0.2) is 4.42 Å². The van der Waals surface area contributed by atoms with E-state index in [-0.39, 0.29) is 5.97 Å². The Labute approximate surface area is 121 Å². The Kier molecular flexibility index (Phi) is 6.93. The van der Waals surface area contributed by atoms with E-state index < -0.39 is 0 Å². The zero-order valence-corrected chi connectivity index (χ0v) is 13.0. The number of methoxy groups -OCH3 is 1. The van der Waals surface area contributed by atoms with Crippen molar-refractivity contribution >= 4 is 5.97 Å². The predicted molar refractivity (Wildman–Crippen MR) is 79.8 cm³/mol. The third kappa shape index (κ3) is 4.16. The molecule has 0 saturated heterocycles. The lowest BCUT2D eigenvalue weighted by atomic mass is 10.1. The number of aryl methyl sites for hydroxylation is 2. The van der Waals surface area contributed by atoms with Crippen molar-refractivity contribution in [2.24, 2.45) is 0 Å². The Morgan fingerprint density at radius 2 is 1.95 bits per heavy atom. The highest BCUT2D eigenvalue weighted by Crippen LogP contribution is 2.24. The second-order valence-corrected chi connectivity index (χ2v) is 4.83. The van der Waals surface area contributed by atoms with Gasteiger partial charge in [-0.05, 0) is 19.8 Å². The Morgan fingerprint density at radius 1 is 1.25 bits per heavy atom. The van der Waals surface area contributed by atoms with Crippen molar-refractivity contribution in [1.82, 2.24) is 0 Å². The van der Waals surface area contributed by atoms with Gasteiger partial charge in [0, 0.05) is 12.8 Å². The Bertz CT molecular complexity index is 500. The van der Waals surface area contributed by atoms with Crippen molar-refractivity contribution in [2.45, 2.75) is 59.3 Å². The number of furan rings is 1. The van der Waals surface area contributed by atoms with Crippen molar-refractivity contribution in [1.29, 1.82) is 0 Å². The van der Waals surface area contributed by atoms with E-state index in [4.69, 9.17) is 9.15 Å². The predicted octanol–water partition coefficient (Wildman–Crippen LogP) is 4.26. The lowest BCUT2D eigenvalue weighted by Crippen LogP contribution is -2.05. The van der Waals surface area contributed by atoms with Gasteiger partial charge < -0.3 is 9.15 Å². The first kappa shape index (κ1) is 16.4. The summed E-state index contributed by atoms with van der Waals surface area (Å²) < 4.78 is 10.6. The molecule has 0 unspecified atom stereocenters. The number of carbonyl (C=O) groups excluding carboxylic acids is 1. The summed E-state index contributed by atoms with van der Waals surface area (Å²) in [5, 5.41) is 0. The van der Waals surface area contributed by atoms with Crippen molar-refractivity contribution in [3.63, 3.8) is 0 Å². The number of hydrogen-bond donors (Lipinski definition) is 0. The van der Waals surface area contributed by atoms with Gasteiger partial charge in [-0.2, -0.15) is 0 Å². The van der Waals surface area contributed by atoms with Crippen LogP contribution in [0, 0.1) is 18.8 Å². The summed E-state index contributed by atoms with van der Waals surface area (Å²) in [7, 11) is 1.39. The fourth-order valence-electron chi connectivity index (χ4n) is 2.00. The molecule has 0 aromatic carbocycles. The minimum absolute atomic E-state index is 0.354. The maximum atomic E-state index is 12.0. The molecule has 1 rings (SSSR count). The summed E-state index contributed by atoms with van der Waals surface area (Å²) >= 11 is 0. The molecule has 0 atom stereocenters. The van der Waals surface area contributed by atoms with Crippen LogP contribution in [0.1, 0.15) is 73.4 Å². The van der Waals surface area contributed by atoms with Gasteiger partial charge in [-0.3, -0.25) is 0 Å². The first-order valence-electron chi connectivity index (χ1n) is 7.35. The van der Waals surface area contributed by atoms with Gasteiger partial charge in [-0.15, -0.1) is 0 Å². The summed E-state index contributed by atoms with van der Waals surface area (Å²) in [5.41, 5.74) is 1.21. The number of carbonyl (C=O) groups is 1. The minimum Gasteiger partial charge on any atom is -0.465 e. The number of ether oxygens (including phenoxy) is 1. The molecule has 1 heterocycles. The van der Waals surface area contributed by atoms with Crippen LogP contribution in [0.4, 0.5) is 0 Å². The summed E-state index contributed by atoms with van der Waals surface area (Å²) in [6, 6.07) is 0. The molecule has 0 aliphatic rings. The minimum atomic E-state index is -0.354. The molecule has 0 spiro atoms. The topological polar surface area (TPSA) is 39.4 Å². The monoisotopic (exact) mass is 276 g/mol. The molecule has 0 aliphatic heterocycles. The van der Waals surface area contributed by atoms with E-state index in [1.165, 1.54) is 7.11 Å². The smallest absolute Gasteiger partial charge is 0.342 e. The van der Waals surface area contributed by atoms with E-state index >= 15 is 0 Å². The van der Waals surface area contributed by atoms with E-state index in [1.54, 1.807) is 0 Å². The summed E-state index contributed by atoms with van der Waals surface area (Å²) in [6.07, 6.45) is 5.81. The highest BCUT2D eigenvalue weighted by Gasteiger charge is 2.23. The molecule has 1 aromatic heterocycles. The standard InChI is InChI=1S/C17H24O3/c1-5-7-9-10-11-14-13(3)20-15(12-8-6-2)16(14)17(18)19-4/h5-9,12H2,1-4H3. The molecule has 3 heteroatoms. The van der Waals surface area contributed by atoms with Crippen LogP contribution in [0.5, 0.6) is 0 Å². The highest BCUT2D eigenvalue weighted by molar-refractivity contribution is 5.93. The molecular weight excluding hydrogens is 252 g/mol. The van der Waals surface area contributed by atoms with Crippen LogP contribution < -0.4 is 0 Å². The molecule has 0 radical (unpaired) electrons. The van der Waals surface area contributed by atoms with Crippen LogP contribution in [0.25, 0.3) is 0 Å². The first-order valence-corrected chi connectivity index (χ1v) is 7.35. The van der Waals surface area contributed by atoms with Gasteiger partial charge in [0.1, 0.15) is 17.1 Å². The first-order chi connectivity index (χ1) is 9.65. The van der Waals surface area contributed by atoms with Gasteiger partial charge in [0.05, 0.1) is 12.7 Å². The van der Waals surface area contributed by atoms with Gasteiger partial charge >= 0.3 is 5.97 Å². The maximum Gasteiger partial charge on any atom is 0.342 e. The Balaban J connectivity index is 3.09. The van der Waals surface area contributed by atoms with Crippen LogP contribution in [0.2, 0.25) is 0 Å². The zero-order valence-electron chi connectivity index (χ0n) is 13.0. The number of rotatable bonds is 6. The van der Waals surface area contributed by atoms with Crippen LogP contribution in [-0.4, -0.2) is 13.1 Å². The van der Waals surface area contributed by atoms with E-state index in [9.17, 15) is 4.79 Å². The summed E-state index contributed by atoms with van der Waals surface area (Å²) in [5.74, 6) is 7.26. The van der Waals surface area contributed by atoms with Gasteiger partial charge in [0.25, 0.3) is 0 Å². The van der Waals surface area contributed by atoms with Gasteiger partial charge in [0.15, 0.2) is 0 Å². The largest absolute Gasteiger partial charge is 0.465 e. The second-order valence-electron chi connectivity index (χ2n) is 4.83. The zero-order chi connectivity index (χ0) is 15.0. The molecule has 0 amide bonds. The third-order valence-corrected chi connectivity index (χ3v) is 3.17. The number of esters is 1. The third-order valence-electron chi connectivity index (χ3n) is 3.17. The average Bonchev–Trinajstić information content (AvgIpc) is 2.76. The van der Waals surface area contributed by atoms with E-state index in [0.717, 1.165) is 38.5 Å². The van der Waals surface area contributed by atoms with Crippen molar-refractivity contribution in [3.05, 3.63) is 22.6 Å². The molecule has 0 bridgehead atoms. The number of unbranched alkanes of at least 4 members (excludes halogenated alkanes) is 3. The quantitative estimate of drug-likeness (QED) is 0.443. The van der Waals surface area contributed by atoms with Gasteiger partial charge in [-0.25, -0.2) is 4.79 Å². The average molecular weight is 276 g/mol.